The van der Waals surface area contributed by atoms with Crippen molar-refractivity contribution >= 4 is 23.3 Å². The standard InChI is InChI=1S/C12H21N3S/c1-4-16-8-7-9(2)14-12-6-5-11(13)10(3)15-12/h5-6,9H,4,7-8,13H2,1-3H3,(H,14,15). The third-order valence-corrected chi connectivity index (χ3v) is 3.35. The predicted octanol–water partition coefficient (Wildman–Crippen LogP) is 2.92. The van der Waals surface area contributed by atoms with Gasteiger partial charge in [-0.05, 0) is 43.9 Å². The van der Waals surface area contributed by atoms with Crippen molar-refractivity contribution in [3.8, 4) is 0 Å². The third kappa shape index (κ3) is 4.31. The number of anilines is 2. The molecule has 0 saturated heterocycles. The van der Waals surface area contributed by atoms with Crippen molar-refractivity contribution in [2.24, 2.45) is 0 Å². The zero-order valence-electron chi connectivity index (χ0n) is 10.3. The maximum absolute atomic E-state index is 5.72. The molecular weight excluding hydrogens is 218 g/mol. The second-order valence-corrected chi connectivity index (χ2v) is 5.30. The molecule has 3 N–H and O–H groups in total. The van der Waals surface area contributed by atoms with Crippen LogP contribution >= 0.6 is 11.8 Å². The lowest BCUT2D eigenvalue weighted by molar-refractivity contribution is 0.766. The van der Waals surface area contributed by atoms with Crippen LogP contribution in [0, 0.1) is 6.92 Å². The Balaban J connectivity index is 2.43. The molecule has 16 heavy (non-hydrogen) atoms. The highest BCUT2D eigenvalue weighted by Gasteiger charge is 2.03. The highest BCUT2D eigenvalue weighted by molar-refractivity contribution is 7.99. The van der Waals surface area contributed by atoms with E-state index in [0.717, 1.165) is 23.6 Å². The van der Waals surface area contributed by atoms with Crippen LogP contribution in [0.5, 0.6) is 0 Å². The van der Waals surface area contributed by atoms with E-state index in [1.54, 1.807) is 0 Å². The van der Waals surface area contributed by atoms with E-state index in [9.17, 15) is 0 Å². The van der Waals surface area contributed by atoms with Crippen LogP contribution in [0.1, 0.15) is 26.0 Å². The molecule has 0 radical (unpaired) electrons. The molecule has 0 aliphatic heterocycles. The average Bonchev–Trinajstić information content (AvgIpc) is 2.24. The fourth-order valence-corrected chi connectivity index (χ4v) is 2.19. The summed E-state index contributed by atoms with van der Waals surface area (Å²) in [6, 6.07) is 4.29. The van der Waals surface area contributed by atoms with Crippen LogP contribution in [0.2, 0.25) is 0 Å². The van der Waals surface area contributed by atoms with Crippen molar-refractivity contribution in [1.29, 1.82) is 0 Å². The molecule has 1 unspecified atom stereocenters. The number of nitrogens with zero attached hydrogens (tertiary/aromatic N) is 1. The molecule has 0 spiro atoms. The monoisotopic (exact) mass is 239 g/mol. The van der Waals surface area contributed by atoms with Gasteiger partial charge in [-0.3, -0.25) is 0 Å². The van der Waals surface area contributed by atoms with E-state index >= 15 is 0 Å². The van der Waals surface area contributed by atoms with Gasteiger partial charge in [-0.15, -0.1) is 0 Å². The van der Waals surface area contributed by atoms with Crippen LogP contribution in [0.3, 0.4) is 0 Å². The fraction of sp³-hybridized carbons (Fsp3) is 0.583. The second kappa shape index (κ2) is 6.63. The SMILES string of the molecule is CCSCCC(C)Nc1ccc(N)c(C)n1. The second-order valence-electron chi connectivity index (χ2n) is 3.90. The molecule has 0 aliphatic carbocycles. The number of hydrogen-bond donors (Lipinski definition) is 2. The topological polar surface area (TPSA) is 50.9 Å². The minimum Gasteiger partial charge on any atom is -0.397 e. The van der Waals surface area contributed by atoms with E-state index in [1.807, 2.05) is 30.8 Å². The van der Waals surface area contributed by atoms with E-state index in [4.69, 9.17) is 5.73 Å². The number of rotatable bonds is 6. The van der Waals surface area contributed by atoms with Crippen molar-refractivity contribution in [1.82, 2.24) is 4.98 Å². The Hall–Kier alpha value is -0.900. The summed E-state index contributed by atoms with van der Waals surface area (Å²) >= 11 is 1.97. The van der Waals surface area contributed by atoms with Gasteiger partial charge in [0, 0.05) is 6.04 Å². The summed E-state index contributed by atoms with van der Waals surface area (Å²) in [6.07, 6.45) is 1.16. The Morgan fingerprint density at radius 1 is 1.50 bits per heavy atom. The molecule has 0 bridgehead atoms. The third-order valence-electron chi connectivity index (χ3n) is 2.42. The zero-order valence-corrected chi connectivity index (χ0v) is 11.1. The minimum absolute atomic E-state index is 0.453. The molecular formula is C12H21N3S. The van der Waals surface area contributed by atoms with Gasteiger partial charge in [-0.1, -0.05) is 6.92 Å². The van der Waals surface area contributed by atoms with Crippen LogP contribution in [0.25, 0.3) is 0 Å². The number of aryl methyl sites for hydroxylation is 1. The van der Waals surface area contributed by atoms with Crippen LogP contribution < -0.4 is 11.1 Å². The molecule has 0 aromatic carbocycles. The van der Waals surface area contributed by atoms with Gasteiger partial charge in [0.05, 0.1) is 11.4 Å². The maximum atomic E-state index is 5.72. The summed E-state index contributed by atoms with van der Waals surface area (Å²) in [4.78, 5) is 4.40. The molecule has 0 saturated carbocycles. The first-order valence-corrected chi connectivity index (χ1v) is 6.86. The number of nitrogens with two attached hydrogens (primary N) is 1. The van der Waals surface area contributed by atoms with Gasteiger partial charge in [-0.25, -0.2) is 4.98 Å². The van der Waals surface area contributed by atoms with Gasteiger partial charge in [0.25, 0.3) is 0 Å². The van der Waals surface area contributed by atoms with Gasteiger partial charge < -0.3 is 11.1 Å². The number of hydrogen-bond acceptors (Lipinski definition) is 4. The van der Waals surface area contributed by atoms with E-state index in [2.05, 4.69) is 24.1 Å². The summed E-state index contributed by atoms with van der Waals surface area (Å²) in [5, 5.41) is 3.39. The van der Waals surface area contributed by atoms with Crippen molar-refractivity contribution in [3.05, 3.63) is 17.8 Å². The fourth-order valence-electron chi connectivity index (χ4n) is 1.38. The largest absolute Gasteiger partial charge is 0.397 e. The normalized spacial score (nSPS) is 12.4. The molecule has 1 heterocycles. The molecule has 1 aromatic rings. The van der Waals surface area contributed by atoms with E-state index in [-0.39, 0.29) is 0 Å². The number of thioether (sulfide) groups is 1. The van der Waals surface area contributed by atoms with Crippen molar-refractivity contribution in [2.45, 2.75) is 33.2 Å². The summed E-state index contributed by atoms with van der Waals surface area (Å²) in [6.45, 7) is 6.30. The number of nitrogens with one attached hydrogen (secondary N) is 1. The lowest BCUT2D eigenvalue weighted by Gasteiger charge is -2.14. The van der Waals surface area contributed by atoms with Crippen LogP contribution in [-0.2, 0) is 0 Å². The number of nitrogen functional groups attached to an aromatic ring is 1. The average molecular weight is 239 g/mol. The molecule has 3 nitrogen and oxygen atoms in total. The van der Waals surface area contributed by atoms with Crippen molar-refractivity contribution in [3.63, 3.8) is 0 Å². The summed E-state index contributed by atoms with van der Waals surface area (Å²) in [7, 11) is 0. The quantitative estimate of drug-likeness (QED) is 0.749. The van der Waals surface area contributed by atoms with Crippen molar-refractivity contribution < 1.29 is 0 Å². The number of pyridine rings is 1. The molecule has 90 valence electrons. The molecule has 1 rings (SSSR count). The van der Waals surface area contributed by atoms with Gasteiger partial charge in [0.1, 0.15) is 5.82 Å². The van der Waals surface area contributed by atoms with Gasteiger partial charge in [0.15, 0.2) is 0 Å². The van der Waals surface area contributed by atoms with Crippen LogP contribution in [0.4, 0.5) is 11.5 Å². The summed E-state index contributed by atoms with van der Waals surface area (Å²) < 4.78 is 0. The van der Waals surface area contributed by atoms with Crippen molar-refractivity contribution in [2.75, 3.05) is 22.6 Å². The minimum atomic E-state index is 0.453. The molecule has 0 aliphatic rings. The first-order valence-electron chi connectivity index (χ1n) is 5.71. The Morgan fingerprint density at radius 2 is 2.25 bits per heavy atom. The van der Waals surface area contributed by atoms with E-state index in [1.165, 1.54) is 11.5 Å². The highest BCUT2D eigenvalue weighted by Crippen LogP contribution is 2.14. The highest BCUT2D eigenvalue weighted by atomic mass is 32.2. The summed E-state index contributed by atoms with van der Waals surface area (Å²) in [5.41, 5.74) is 7.36. The van der Waals surface area contributed by atoms with Gasteiger partial charge in [-0.2, -0.15) is 11.8 Å². The molecule has 1 atom stereocenters. The maximum Gasteiger partial charge on any atom is 0.126 e. The van der Waals surface area contributed by atoms with E-state index < -0.39 is 0 Å². The van der Waals surface area contributed by atoms with Crippen LogP contribution in [-0.4, -0.2) is 22.5 Å². The lowest BCUT2D eigenvalue weighted by Crippen LogP contribution is -2.17. The first kappa shape index (κ1) is 13.2. The smallest absolute Gasteiger partial charge is 0.126 e. The lowest BCUT2D eigenvalue weighted by atomic mass is 10.2. The Bertz CT molecular complexity index is 328. The molecule has 0 amide bonds. The van der Waals surface area contributed by atoms with Crippen LogP contribution in [0.15, 0.2) is 12.1 Å². The molecule has 1 aromatic heterocycles. The van der Waals surface area contributed by atoms with Gasteiger partial charge >= 0.3 is 0 Å². The number of aromatic nitrogens is 1. The predicted molar refractivity (Wildman–Crippen MR) is 74.1 cm³/mol. The Morgan fingerprint density at radius 3 is 2.88 bits per heavy atom. The molecule has 0 fully saturated rings. The summed E-state index contributed by atoms with van der Waals surface area (Å²) in [5.74, 6) is 3.30. The Labute approximate surface area is 102 Å². The zero-order chi connectivity index (χ0) is 12.0. The van der Waals surface area contributed by atoms with Gasteiger partial charge in [0.2, 0.25) is 0 Å². The first-order chi connectivity index (χ1) is 7.63. The molecule has 4 heteroatoms. The van der Waals surface area contributed by atoms with E-state index in [0.29, 0.717) is 6.04 Å². The Kier molecular flexibility index (Phi) is 5.46.